The van der Waals surface area contributed by atoms with Crippen LogP contribution in [-0.4, -0.2) is 16.5 Å². The van der Waals surface area contributed by atoms with Crippen molar-refractivity contribution in [2.75, 3.05) is 6.54 Å². The number of H-pyrrole nitrogens is 1. The van der Waals surface area contributed by atoms with E-state index in [0.29, 0.717) is 29.7 Å². The summed E-state index contributed by atoms with van der Waals surface area (Å²) in [4.78, 5) is 19.0. The molecule has 0 saturated heterocycles. The molecule has 1 aromatic carbocycles. The van der Waals surface area contributed by atoms with Crippen molar-refractivity contribution in [1.29, 1.82) is 0 Å². The molecule has 0 saturated carbocycles. The zero-order chi connectivity index (χ0) is 15.2. The first-order chi connectivity index (χ1) is 10.0. The van der Waals surface area contributed by atoms with Gasteiger partial charge in [0, 0.05) is 24.1 Å². The van der Waals surface area contributed by atoms with Gasteiger partial charge in [-0.25, -0.2) is 4.98 Å². The lowest BCUT2D eigenvalue weighted by Gasteiger charge is -2.08. The van der Waals surface area contributed by atoms with E-state index in [9.17, 15) is 4.79 Å². The Bertz CT molecular complexity index is 635. The fourth-order valence-electron chi connectivity index (χ4n) is 2.02. The van der Waals surface area contributed by atoms with Crippen LogP contribution in [0, 0.1) is 5.92 Å². The van der Waals surface area contributed by atoms with E-state index < -0.39 is 0 Å². The van der Waals surface area contributed by atoms with Crippen molar-refractivity contribution in [3.8, 4) is 0 Å². The summed E-state index contributed by atoms with van der Waals surface area (Å²) in [6, 6.07) is 9.09. The number of nitrogens with one attached hydrogen (secondary N) is 2. The van der Waals surface area contributed by atoms with Crippen molar-refractivity contribution in [3.05, 3.63) is 62.8 Å². The summed E-state index contributed by atoms with van der Waals surface area (Å²) >= 11 is 5.87. The zero-order valence-corrected chi connectivity index (χ0v) is 13.1. The Kier molecular flexibility index (Phi) is 5.53. The molecule has 0 aliphatic carbocycles. The molecule has 2 rings (SSSR count). The van der Waals surface area contributed by atoms with E-state index in [-0.39, 0.29) is 5.56 Å². The summed E-state index contributed by atoms with van der Waals surface area (Å²) in [7, 11) is 0. The molecule has 0 radical (unpaired) electrons. The predicted molar refractivity (Wildman–Crippen MR) is 85.7 cm³/mol. The summed E-state index contributed by atoms with van der Waals surface area (Å²) in [6.45, 7) is 5.80. The van der Waals surface area contributed by atoms with Crippen molar-refractivity contribution in [2.45, 2.75) is 26.8 Å². The minimum Gasteiger partial charge on any atom is -0.311 e. The smallest absolute Gasteiger partial charge is 0.251 e. The van der Waals surface area contributed by atoms with E-state index >= 15 is 0 Å². The van der Waals surface area contributed by atoms with E-state index in [1.165, 1.54) is 0 Å². The molecule has 0 aliphatic heterocycles. The van der Waals surface area contributed by atoms with E-state index in [0.717, 1.165) is 17.8 Å². The molecule has 2 aromatic rings. The molecule has 0 amide bonds. The average molecular weight is 306 g/mol. The van der Waals surface area contributed by atoms with Gasteiger partial charge in [0.05, 0.1) is 5.69 Å². The lowest BCUT2D eigenvalue weighted by Crippen LogP contribution is -2.22. The Balaban J connectivity index is 2.07. The largest absolute Gasteiger partial charge is 0.311 e. The number of nitrogens with zero attached hydrogens (tertiary/aromatic N) is 1. The van der Waals surface area contributed by atoms with Crippen LogP contribution in [-0.2, 0) is 13.0 Å². The van der Waals surface area contributed by atoms with Gasteiger partial charge >= 0.3 is 0 Å². The fraction of sp³-hybridized carbons (Fsp3) is 0.375. The molecule has 0 spiro atoms. The highest BCUT2D eigenvalue weighted by molar-refractivity contribution is 6.30. The molecular weight excluding hydrogens is 286 g/mol. The van der Waals surface area contributed by atoms with Gasteiger partial charge in [-0.3, -0.25) is 4.79 Å². The fourth-order valence-corrected chi connectivity index (χ4v) is 2.15. The van der Waals surface area contributed by atoms with Crippen LogP contribution in [0.15, 0.2) is 35.1 Å². The number of rotatable bonds is 6. The number of hydrogen-bond acceptors (Lipinski definition) is 3. The van der Waals surface area contributed by atoms with Crippen LogP contribution in [0.1, 0.15) is 30.9 Å². The number of aromatic nitrogens is 2. The van der Waals surface area contributed by atoms with Crippen LogP contribution < -0.4 is 10.9 Å². The van der Waals surface area contributed by atoms with E-state index in [1.807, 2.05) is 24.3 Å². The molecule has 2 N–H and O–H groups in total. The van der Waals surface area contributed by atoms with Gasteiger partial charge in [0.2, 0.25) is 0 Å². The number of benzene rings is 1. The molecule has 0 fully saturated rings. The summed E-state index contributed by atoms with van der Waals surface area (Å²) in [5, 5.41) is 3.99. The standard InChI is InChI=1S/C16H20ClN3O/c1-11(2)9-18-10-14-8-16(21)20-15(19-14)7-12-3-5-13(17)6-4-12/h3-6,8,11,18H,7,9-10H2,1-2H3,(H,19,20,21). The molecule has 0 aliphatic rings. The summed E-state index contributed by atoms with van der Waals surface area (Å²) < 4.78 is 0. The number of hydrogen-bond donors (Lipinski definition) is 2. The maximum atomic E-state index is 11.7. The molecule has 1 aromatic heterocycles. The van der Waals surface area contributed by atoms with Gasteiger partial charge in [-0.1, -0.05) is 37.6 Å². The second-order valence-corrected chi connectivity index (χ2v) is 5.95. The van der Waals surface area contributed by atoms with Gasteiger partial charge in [0.25, 0.3) is 5.56 Å². The van der Waals surface area contributed by atoms with Crippen LogP contribution in [0.25, 0.3) is 0 Å². The maximum Gasteiger partial charge on any atom is 0.251 e. The highest BCUT2D eigenvalue weighted by Crippen LogP contribution is 2.11. The second-order valence-electron chi connectivity index (χ2n) is 5.51. The van der Waals surface area contributed by atoms with Crippen LogP contribution in [0.5, 0.6) is 0 Å². The van der Waals surface area contributed by atoms with Gasteiger partial charge in [-0.2, -0.15) is 0 Å². The molecule has 0 atom stereocenters. The number of aromatic amines is 1. The van der Waals surface area contributed by atoms with Gasteiger partial charge in [0.1, 0.15) is 5.82 Å². The lowest BCUT2D eigenvalue weighted by molar-refractivity contribution is 0.547. The second kappa shape index (κ2) is 7.38. The molecule has 112 valence electrons. The first kappa shape index (κ1) is 15.7. The summed E-state index contributed by atoms with van der Waals surface area (Å²) in [5.74, 6) is 1.24. The van der Waals surface area contributed by atoms with Gasteiger partial charge in [-0.15, -0.1) is 0 Å². The topological polar surface area (TPSA) is 57.8 Å². The van der Waals surface area contributed by atoms with Gasteiger partial charge in [0.15, 0.2) is 0 Å². The van der Waals surface area contributed by atoms with Crippen molar-refractivity contribution in [1.82, 2.24) is 15.3 Å². The SMILES string of the molecule is CC(C)CNCc1cc(=O)[nH]c(Cc2ccc(Cl)cc2)n1. The Labute approximate surface area is 129 Å². The lowest BCUT2D eigenvalue weighted by atomic mass is 10.1. The van der Waals surface area contributed by atoms with Crippen molar-refractivity contribution < 1.29 is 0 Å². The van der Waals surface area contributed by atoms with Crippen molar-refractivity contribution in [3.63, 3.8) is 0 Å². The van der Waals surface area contributed by atoms with Crippen LogP contribution >= 0.6 is 11.6 Å². The van der Waals surface area contributed by atoms with Gasteiger partial charge in [-0.05, 0) is 30.2 Å². The minimum absolute atomic E-state index is 0.115. The number of halogens is 1. The minimum atomic E-state index is -0.115. The molecule has 5 heteroatoms. The summed E-state index contributed by atoms with van der Waals surface area (Å²) in [6.07, 6.45) is 0.588. The quantitative estimate of drug-likeness (QED) is 0.863. The Morgan fingerprint density at radius 2 is 2.00 bits per heavy atom. The molecule has 0 unspecified atom stereocenters. The zero-order valence-electron chi connectivity index (χ0n) is 12.3. The van der Waals surface area contributed by atoms with Crippen molar-refractivity contribution in [2.24, 2.45) is 5.92 Å². The Morgan fingerprint density at radius 3 is 2.67 bits per heavy atom. The van der Waals surface area contributed by atoms with E-state index in [1.54, 1.807) is 6.07 Å². The molecule has 1 heterocycles. The molecule has 4 nitrogen and oxygen atoms in total. The Morgan fingerprint density at radius 1 is 1.29 bits per heavy atom. The Hall–Kier alpha value is -1.65. The summed E-state index contributed by atoms with van der Waals surface area (Å²) in [5.41, 5.74) is 1.72. The third-order valence-electron chi connectivity index (χ3n) is 2.99. The first-order valence-corrected chi connectivity index (χ1v) is 7.45. The third-order valence-corrected chi connectivity index (χ3v) is 3.24. The first-order valence-electron chi connectivity index (χ1n) is 7.07. The van der Waals surface area contributed by atoms with Crippen LogP contribution in [0.2, 0.25) is 5.02 Å². The average Bonchev–Trinajstić information content (AvgIpc) is 2.40. The third kappa shape index (κ3) is 5.33. The predicted octanol–water partition coefficient (Wildman–Crippen LogP) is 2.76. The van der Waals surface area contributed by atoms with E-state index in [2.05, 4.69) is 29.1 Å². The van der Waals surface area contributed by atoms with Gasteiger partial charge < -0.3 is 10.3 Å². The molecule has 0 bridgehead atoms. The highest BCUT2D eigenvalue weighted by atomic mass is 35.5. The van der Waals surface area contributed by atoms with Crippen LogP contribution in [0.3, 0.4) is 0 Å². The molecule has 21 heavy (non-hydrogen) atoms. The normalized spacial score (nSPS) is 11.0. The van der Waals surface area contributed by atoms with Crippen molar-refractivity contribution >= 4 is 11.6 Å². The maximum absolute atomic E-state index is 11.7. The van der Waals surface area contributed by atoms with E-state index in [4.69, 9.17) is 11.6 Å². The monoisotopic (exact) mass is 305 g/mol. The highest BCUT2D eigenvalue weighted by Gasteiger charge is 2.04. The molecular formula is C16H20ClN3O. The van der Waals surface area contributed by atoms with Crippen LogP contribution in [0.4, 0.5) is 0 Å².